The number of aromatic nitrogens is 2. The molecule has 1 saturated heterocycles. The van der Waals surface area contributed by atoms with Crippen LogP contribution in [-0.4, -0.2) is 34.8 Å². The molecule has 0 bridgehead atoms. The summed E-state index contributed by atoms with van der Waals surface area (Å²) in [6.45, 7) is 3.05. The van der Waals surface area contributed by atoms with Crippen molar-refractivity contribution in [2.75, 3.05) is 19.2 Å². The Balaban J connectivity index is 1.80. The summed E-state index contributed by atoms with van der Waals surface area (Å²) in [6, 6.07) is 15.4. The summed E-state index contributed by atoms with van der Waals surface area (Å²) in [4.78, 5) is 18.0. The van der Waals surface area contributed by atoms with Crippen molar-refractivity contribution in [3.63, 3.8) is 0 Å². The van der Waals surface area contributed by atoms with Crippen LogP contribution in [0.2, 0.25) is 0 Å². The molecule has 0 radical (unpaired) electrons. The van der Waals surface area contributed by atoms with Crippen LogP contribution in [0.25, 0.3) is 16.6 Å². The van der Waals surface area contributed by atoms with Gasteiger partial charge in [-0.3, -0.25) is 9.36 Å². The number of rotatable bonds is 4. The van der Waals surface area contributed by atoms with E-state index in [9.17, 15) is 4.79 Å². The first-order valence-electron chi connectivity index (χ1n) is 8.64. The highest BCUT2D eigenvalue weighted by molar-refractivity contribution is 7.99. The van der Waals surface area contributed by atoms with E-state index in [4.69, 9.17) is 14.5 Å². The van der Waals surface area contributed by atoms with Crippen molar-refractivity contribution in [2.45, 2.75) is 24.6 Å². The number of nitrogens with zero attached hydrogens (tertiary/aromatic N) is 2. The molecule has 4 rings (SSSR count). The van der Waals surface area contributed by atoms with E-state index in [-0.39, 0.29) is 11.7 Å². The number of aryl methyl sites for hydroxylation is 1. The van der Waals surface area contributed by atoms with Gasteiger partial charge in [-0.15, -0.1) is 0 Å². The summed E-state index contributed by atoms with van der Waals surface area (Å²) in [5.74, 6) is 0.736. The van der Waals surface area contributed by atoms with Gasteiger partial charge < -0.3 is 9.47 Å². The fourth-order valence-electron chi connectivity index (χ4n) is 3.04. The zero-order chi connectivity index (χ0) is 17.9. The van der Waals surface area contributed by atoms with Crippen LogP contribution >= 0.6 is 11.8 Å². The van der Waals surface area contributed by atoms with Crippen molar-refractivity contribution in [3.8, 4) is 5.69 Å². The lowest BCUT2D eigenvalue weighted by atomic mass is 10.2. The van der Waals surface area contributed by atoms with E-state index in [1.54, 1.807) is 16.3 Å². The van der Waals surface area contributed by atoms with Crippen molar-refractivity contribution in [1.82, 2.24) is 9.55 Å². The molecule has 0 spiro atoms. The Morgan fingerprint density at radius 1 is 1.19 bits per heavy atom. The Hall–Kier alpha value is -2.15. The van der Waals surface area contributed by atoms with E-state index in [1.165, 1.54) is 0 Å². The second kappa shape index (κ2) is 7.61. The summed E-state index contributed by atoms with van der Waals surface area (Å²) in [6.07, 6.45) is 0.970. The van der Waals surface area contributed by atoms with Gasteiger partial charge >= 0.3 is 0 Å². The molecule has 134 valence electrons. The molecule has 6 heteroatoms. The van der Waals surface area contributed by atoms with Crippen LogP contribution < -0.4 is 5.56 Å². The van der Waals surface area contributed by atoms with Gasteiger partial charge in [0, 0.05) is 5.75 Å². The van der Waals surface area contributed by atoms with Crippen molar-refractivity contribution < 1.29 is 9.47 Å². The fourth-order valence-corrected chi connectivity index (χ4v) is 4.11. The molecule has 2 heterocycles. The molecule has 1 unspecified atom stereocenters. The summed E-state index contributed by atoms with van der Waals surface area (Å²) >= 11 is 1.56. The molecule has 1 aliphatic heterocycles. The third kappa shape index (κ3) is 3.40. The Bertz CT molecular complexity index is 980. The predicted octanol–water partition coefficient (Wildman–Crippen LogP) is 3.55. The molecule has 26 heavy (non-hydrogen) atoms. The summed E-state index contributed by atoms with van der Waals surface area (Å²) < 4.78 is 12.6. The molecule has 1 fully saturated rings. The maximum atomic E-state index is 13.2. The quantitative estimate of drug-likeness (QED) is 0.521. The minimum Gasteiger partial charge on any atom is -0.355 e. The topological polar surface area (TPSA) is 53.4 Å². The lowest BCUT2D eigenvalue weighted by molar-refractivity contribution is -0.130. The zero-order valence-corrected chi connectivity index (χ0v) is 15.4. The van der Waals surface area contributed by atoms with Crippen LogP contribution in [0.1, 0.15) is 12.0 Å². The molecule has 3 aromatic rings. The first-order valence-corrected chi connectivity index (χ1v) is 9.62. The van der Waals surface area contributed by atoms with Crippen LogP contribution in [0.4, 0.5) is 0 Å². The first kappa shape index (κ1) is 17.3. The van der Waals surface area contributed by atoms with Crippen LogP contribution in [0, 0.1) is 6.92 Å². The number of hydrogen-bond acceptors (Lipinski definition) is 5. The number of thioether (sulfide) groups is 1. The smallest absolute Gasteiger partial charge is 0.266 e. The maximum Gasteiger partial charge on any atom is 0.266 e. The van der Waals surface area contributed by atoms with Crippen LogP contribution in [0.15, 0.2) is 58.5 Å². The third-order valence-electron chi connectivity index (χ3n) is 4.47. The lowest BCUT2D eigenvalue weighted by Crippen LogP contribution is -2.27. The molecule has 1 atom stereocenters. The Morgan fingerprint density at radius 2 is 2.00 bits per heavy atom. The Morgan fingerprint density at radius 3 is 2.81 bits per heavy atom. The molecule has 1 aliphatic rings. The minimum absolute atomic E-state index is 0.0414. The van der Waals surface area contributed by atoms with Gasteiger partial charge in [-0.2, -0.15) is 0 Å². The van der Waals surface area contributed by atoms with Crippen LogP contribution in [0.5, 0.6) is 0 Å². The van der Waals surface area contributed by atoms with Crippen LogP contribution in [-0.2, 0) is 9.47 Å². The molecule has 0 saturated carbocycles. The van der Waals surface area contributed by atoms with E-state index >= 15 is 0 Å². The lowest BCUT2D eigenvalue weighted by Gasteiger charge is -2.23. The highest BCUT2D eigenvalue weighted by Crippen LogP contribution is 2.25. The molecular weight excluding hydrogens is 348 g/mol. The van der Waals surface area contributed by atoms with Gasteiger partial charge in [0.2, 0.25) is 0 Å². The highest BCUT2D eigenvalue weighted by atomic mass is 32.2. The normalized spacial score (nSPS) is 17.5. The van der Waals surface area contributed by atoms with Gasteiger partial charge in [0.05, 0.1) is 29.3 Å². The number of fused-ring (bicyclic) bond motifs is 1. The Kier molecular flexibility index (Phi) is 5.06. The summed E-state index contributed by atoms with van der Waals surface area (Å²) in [7, 11) is 0. The average Bonchev–Trinajstić information content (AvgIpc) is 2.68. The number of ether oxygens (including phenoxy) is 2. The largest absolute Gasteiger partial charge is 0.355 e. The van der Waals surface area contributed by atoms with Crippen molar-refractivity contribution in [3.05, 3.63) is 64.4 Å². The van der Waals surface area contributed by atoms with Gasteiger partial charge in [0.1, 0.15) is 6.79 Å². The van der Waals surface area contributed by atoms with Gasteiger partial charge in [-0.05, 0) is 37.1 Å². The standard InChI is InChI=1S/C20H20N2O3S/c1-14-6-2-5-9-18(14)22-19(23)16-7-3-4-8-17(16)21-20(22)26-12-15-10-11-24-13-25-15/h2-9,15H,10-13H2,1H3. The molecule has 5 nitrogen and oxygen atoms in total. The third-order valence-corrected chi connectivity index (χ3v) is 5.54. The van der Waals surface area contributed by atoms with Crippen LogP contribution in [0.3, 0.4) is 0 Å². The van der Waals surface area contributed by atoms with E-state index in [2.05, 4.69) is 0 Å². The van der Waals surface area contributed by atoms with Gasteiger partial charge in [0.25, 0.3) is 5.56 Å². The molecule has 1 aromatic heterocycles. The second-order valence-corrected chi connectivity index (χ2v) is 7.24. The average molecular weight is 368 g/mol. The monoisotopic (exact) mass is 368 g/mol. The number of para-hydroxylation sites is 2. The number of hydrogen-bond donors (Lipinski definition) is 0. The van der Waals surface area contributed by atoms with Gasteiger partial charge in [-0.25, -0.2) is 4.98 Å². The fraction of sp³-hybridized carbons (Fsp3) is 0.300. The van der Waals surface area contributed by atoms with Crippen molar-refractivity contribution in [2.24, 2.45) is 0 Å². The summed E-state index contributed by atoms with van der Waals surface area (Å²) in [5, 5.41) is 1.32. The van der Waals surface area contributed by atoms with E-state index < -0.39 is 0 Å². The van der Waals surface area contributed by atoms with Gasteiger partial charge in [0.15, 0.2) is 5.16 Å². The van der Waals surface area contributed by atoms with E-state index in [0.29, 0.717) is 23.9 Å². The number of benzene rings is 2. The SMILES string of the molecule is Cc1ccccc1-n1c(SCC2CCOCO2)nc2ccccc2c1=O. The Labute approximate surface area is 156 Å². The highest BCUT2D eigenvalue weighted by Gasteiger charge is 2.19. The minimum atomic E-state index is -0.0414. The van der Waals surface area contributed by atoms with Crippen molar-refractivity contribution in [1.29, 1.82) is 0 Å². The molecule has 0 N–H and O–H groups in total. The van der Waals surface area contributed by atoms with E-state index in [1.807, 2.05) is 55.5 Å². The van der Waals surface area contributed by atoms with E-state index in [0.717, 1.165) is 28.9 Å². The molecular formula is C20H20N2O3S. The van der Waals surface area contributed by atoms with Gasteiger partial charge in [-0.1, -0.05) is 42.1 Å². The molecule has 0 aliphatic carbocycles. The second-order valence-electron chi connectivity index (χ2n) is 6.25. The van der Waals surface area contributed by atoms with Crippen molar-refractivity contribution >= 4 is 22.7 Å². The zero-order valence-electron chi connectivity index (χ0n) is 14.6. The molecule has 2 aromatic carbocycles. The molecule has 0 amide bonds. The first-order chi connectivity index (χ1) is 12.7. The predicted molar refractivity (Wildman–Crippen MR) is 103 cm³/mol. The maximum absolute atomic E-state index is 13.2. The summed E-state index contributed by atoms with van der Waals surface area (Å²) in [5.41, 5.74) is 2.58.